The zero-order valence-electron chi connectivity index (χ0n) is 14.7. The lowest BCUT2D eigenvalue weighted by molar-refractivity contribution is 0.00696. The molecule has 0 heterocycles. The van der Waals surface area contributed by atoms with Crippen molar-refractivity contribution in [2.24, 2.45) is 5.41 Å². The third-order valence-corrected chi connectivity index (χ3v) is 3.42. The fourth-order valence-corrected chi connectivity index (χ4v) is 2.28. The van der Waals surface area contributed by atoms with E-state index < -0.39 is 11.0 Å². The third kappa shape index (κ3) is 4.19. The van der Waals surface area contributed by atoms with Crippen LogP contribution in [0.4, 0.5) is 0 Å². The van der Waals surface area contributed by atoms with Crippen LogP contribution in [0.25, 0.3) is 10.8 Å². The van der Waals surface area contributed by atoms with Crippen molar-refractivity contribution in [1.29, 1.82) is 0 Å². The summed E-state index contributed by atoms with van der Waals surface area (Å²) in [5, 5.41) is 1.85. The molecule has 0 aliphatic heterocycles. The molecule has 0 atom stereocenters. The van der Waals surface area contributed by atoms with E-state index in [4.69, 9.17) is 4.74 Å². The third-order valence-electron chi connectivity index (χ3n) is 3.42. The van der Waals surface area contributed by atoms with Gasteiger partial charge in [-0.3, -0.25) is 4.79 Å². The topological polar surface area (TPSA) is 43.4 Å². The zero-order valence-corrected chi connectivity index (χ0v) is 14.7. The van der Waals surface area contributed by atoms with Gasteiger partial charge in [0.2, 0.25) is 0 Å². The molecular weight excluding hydrogens is 288 g/mol. The number of ketones is 1. The Bertz CT molecular complexity index is 759. The van der Waals surface area contributed by atoms with E-state index in [0.717, 1.165) is 10.8 Å². The number of carbonyl (C=O) groups is 2. The van der Waals surface area contributed by atoms with Crippen LogP contribution < -0.4 is 0 Å². The van der Waals surface area contributed by atoms with Crippen molar-refractivity contribution < 1.29 is 14.3 Å². The monoisotopic (exact) mass is 312 g/mol. The van der Waals surface area contributed by atoms with Gasteiger partial charge in [-0.25, -0.2) is 4.79 Å². The van der Waals surface area contributed by atoms with Gasteiger partial charge in [-0.2, -0.15) is 0 Å². The first-order valence-electron chi connectivity index (χ1n) is 7.79. The van der Waals surface area contributed by atoms with Crippen LogP contribution in [0.5, 0.6) is 0 Å². The summed E-state index contributed by atoms with van der Waals surface area (Å²) < 4.78 is 5.39. The standard InChI is InChI=1S/C20H24O3/c1-19(2,3)17(21)15-9-7-14-12-16(10-8-13(14)11-15)18(22)23-20(4,5)6/h7-12H,1-6H3. The number of fused-ring (bicyclic) bond motifs is 1. The van der Waals surface area contributed by atoms with E-state index in [1.165, 1.54) is 0 Å². The summed E-state index contributed by atoms with van der Waals surface area (Å²) in [6, 6.07) is 11.0. The maximum atomic E-state index is 12.4. The zero-order chi connectivity index (χ0) is 17.4. The predicted molar refractivity (Wildman–Crippen MR) is 92.9 cm³/mol. The minimum absolute atomic E-state index is 0.107. The van der Waals surface area contributed by atoms with E-state index in [9.17, 15) is 9.59 Å². The number of ether oxygens (including phenoxy) is 1. The maximum Gasteiger partial charge on any atom is 0.338 e. The highest BCUT2D eigenvalue weighted by molar-refractivity contribution is 6.03. The first kappa shape index (κ1) is 17.2. The molecule has 0 N–H and O–H groups in total. The molecule has 0 spiro atoms. The molecule has 2 aromatic carbocycles. The van der Waals surface area contributed by atoms with E-state index in [2.05, 4.69) is 0 Å². The van der Waals surface area contributed by atoms with Gasteiger partial charge < -0.3 is 4.74 Å². The lowest BCUT2D eigenvalue weighted by atomic mass is 9.86. The summed E-state index contributed by atoms with van der Waals surface area (Å²) in [6.45, 7) is 11.3. The molecule has 0 amide bonds. The second-order valence-electron chi connectivity index (χ2n) is 7.86. The summed E-state index contributed by atoms with van der Waals surface area (Å²) in [5.74, 6) is -0.232. The molecule has 122 valence electrons. The number of rotatable bonds is 2. The van der Waals surface area contributed by atoms with Crippen molar-refractivity contribution in [2.45, 2.75) is 47.1 Å². The first-order valence-corrected chi connectivity index (χ1v) is 7.79. The average Bonchev–Trinajstić information content (AvgIpc) is 2.42. The van der Waals surface area contributed by atoms with E-state index in [0.29, 0.717) is 11.1 Å². The number of esters is 1. The Labute approximate surface area is 137 Å². The Hall–Kier alpha value is -2.16. The van der Waals surface area contributed by atoms with E-state index >= 15 is 0 Å². The van der Waals surface area contributed by atoms with Crippen molar-refractivity contribution in [1.82, 2.24) is 0 Å². The second kappa shape index (κ2) is 5.80. The lowest BCUT2D eigenvalue weighted by Gasteiger charge is -2.19. The number of hydrogen-bond donors (Lipinski definition) is 0. The Morgan fingerprint density at radius 2 is 1.26 bits per heavy atom. The maximum absolute atomic E-state index is 12.4. The minimum atomic E-state index is -0.519. The normalized spacial score (nSPS) is 12.3. The summed E-state index contributed by atoms with van der Waals surface area (Å²) in [4.78, 5) is 24.5. The Balaban J connectivity index is 2.36. The van der Waals surface area contributed by atoms with Gasteiger partial charge in [-0.05, 0) is 49.7 Å². The van der Waals surface area contributed by atoms with Crippen molar-refractivity contribution in [3.05, 3.63) is 47.5 Å². The van der Waals surface area contributed by atoms with Gasteiger partial charge in [0, 0.05) is 11.0 Å². The van der Waals surface area contributed by atoms with Crippen LogP contribution in [0.15, 0.2) is 36.4 Å². The Morgan fingerprint density at radius 1 is 0.783 bits per heavy atom. The van der Waals surface area contributed by atoms with Gasteiger partial charge in [-0.15, -0.1) is 0 Å². The van der Waals surface area contributed by atoms with E-state index in [-0.39, 0.29) is 11.8 Å². The Kier molecular flexibility index (Phi) is 4.34. The van der Waals surface area contributed by atoms with E-state index in [1.807, 2.05) is 65.8 Å². The molecule has 0 radical (unpaired) electrons. The molecule has 3 nitrogen and oxygen atoms in total. The van der Waals surface area contributed by atoms with Crippen LogP contribution in [0, 0.1) is 5.41 Å². The molecule has 3 heteroatoms. The second-order valence-corrected chi connectivity index (χ2v) is 7.86. The molecule has 2 rings (SSSR count). The summed E-state index contributed by atoms with van der Waals surface area (Å²) >= 11 is 0. The molecule has 0 saturated heterocycles. The smallest absolute Gasteiger partial charge is 0.338 e. The molecule has 23 heavy (non-hydrogen) atoms. The number of benzene rings is 2. The summed E-state index contributed by atoms with van der Waals surface area (Å²) in [6.07, 6.45) is 0. The minimum Gasteiger partial charge on any atom is -0.456 e. The summed E-state index contributed by atoms with van der Waals surface area (Å²) in [5.41, 5.74) is 0.274. The number of Topliss-reactive ketones (excluding diaryl/α,β-unsaturated/α-hetero) is 1. The number of carbonyl (C=O) groups excluding carboxylic acids is 2. The van der Waals surface area contributed by atoms with Crippen molar-refractivity contribution in [3.8, 4) is 0 Å². The quantitative estimate of drug-likeness (QED) is 0.577. The van der Waals surface area contributed by atoms with Gasteiger partial charge in [-0.1, -0.05) is 39.0 Å². The van der Waals surface area contributed by atoms with Crippen LogP contribution in [-0.2, 0) is 4.74 Å². The highest BCUT2D eigenvalue weighted by Crippen LogP contribution is 2.25. The predicted octanol–water partition coefficient (Wildman–Crippen LogP) is 5.02. The number of hydrogen-bond acceptors (Lipinski definition) is 3. The Morgan fingerprint density at radius 3 is 1.74 bits per heavy atom. The lowest BCUT2D eigenvalue weighted by Crippen LogP contribution is -2.23. The van der Waals surface area contributed by atoms with Crippen molar-refractivity contribution in [2.75, 3.05) is 0 Å². The van der Waals surface area contributed by atoms with Crippen LogP contribution in [0.2, 0.25) is 0 Å². The average molecular weight is 312 g/mol. The highest BCUT2D eigenvalue weighted by Gasteiger charge is 2.23. The molecule has 0 aliphatic rings. The first-order chi connectivity index (χ1) is 10.5. The van der Waals surface area contributed by atoms with Gasteiger partial charge in [0.15, 0.2) is 5.78 Å². The van der Waals surface area contributed by atoms with Gasteiger partial charge in [0.1, 0.15) is 5.60 Å². The fourth-order valence-electron chi connectivity index (χ4n) is 2.28. The molecular formula is C20H24O3. The van der Waals surface area contributed by atoms with Crippen LogP contribution >= 0.6 is 0 Å². The summed E-state index contributed by atoms with van der Waals surface area (Å²) in [7, 11) is 0. The molecule has 0 aliphatic carbocycles. The molecule has 0 fully saturated rings. The molecule has 0 saturated carbocycles. The van der Waals surface area contributed by atoms with Crippen LogP contribution in [0.3, 0.4) is 0 Å². The van der Waals surface area contributed by atoms with E-state index in [1.54, 1.807) is 12.1 Å². The van der Waals surface area contributed by atoms with Crippen molar-refractivity contribution >= 4 is 22.5 Å². The molecule has 0 bridgehead atoms. The fraction of sp³-hybridized carbons (Fsp3) is 0.400. The van der Waals surface area contributed by atoms with Crippen LogP contribution in [0.1, 0.15) is 62.3 Å². The van der Waals surface area contributed by atoms with Gasteiger partial charge in [0.05, 0.1) is 5.56 Å². The SMILES string of the molecule is CC(C)(C)OC(=O)c1ccc2cc(C(=O)C(C)(C)C)ccc2c1. The molecule has 0 aromatic heterocycles. The largest absolute Gasteiger partial charge is 0.456 e. The van der Waals surface area contributed by atoms with Crippen LogP contribution in [-0.4, -0.2) is 17.4 Å². The van der Waals surface area contributed by atoms with Gasteiger partial charge in [0.25, 0.3) is 0 Å². The molecule has 2 aromatic rings. The molecule has 0 unspecified atom stereocenters. The van der Waals surface area contributed by atoms with Crippen molar-refractivity contribution in [3.63, 3.8) is 0 Å². The highest BCUT2D eigenvalue weighted by atomic mass is 16.6. The van der Waals surface area contributed by atoms with Gasteiger partial charge >= 0.3 is 5.97 Å².